The molecule has 0 aromatic rings. The molecule has 6 heteroatoms. The van der Waals surface area contributed by atoms with Crippen molar-refractivity contribution >= 4 is 33.7 Å². The summed E-state index contributed by atoms with van der Waals surface area (Å²) >= 11 is 3.71. The van der Waals surface area contributed by atoms with Crippen molar-refractivity contribution in [1.29, 1.82) is 0 Å². The van der Waals surface area contributed by atoms with E-state index < -0.39 is 0 Å². The first-order valence-corrected chi connectivity index (χ1v) is 5.69. The summed E-state index contributed by atoms with van der Waals surface area (Å²) in [5, 5.41) is -0.297. The van der Waals surface area contributed by atoms with Gasteiger partial charge < -0.3 is 9.71 Å². The summed E-state index contributed by atoms with van der Waals surface area (Å²) in [7, 11) is 13.2. The molecule has 1 fully saturated rings. The molecule has 1 rings (SSSR count). The monoisotopic (exact) mass is 222 g/mol. The highest BCUT2D eigenvalue weighted by Crippen LogP contribution is 2.25. The Labute approximate surface area is 99.8 Å². The number of hydrogen-bond acceptors (Lipinski definition) is 2. The standard InChI is InChI=1S/C9H16B2N2OS/c1-12(9(14)15)8(10)3-2-6-13(11)7-4-5-7/h7-8H,2-6H2,1H3,(H,14,15). The van der Waals surface area contributed by atoms with Gasteiger partial charge in [0.15, 0.2) is 7.98 Å². The van der Waals surface area contributed by atoms with Crippen molar-refractivity contribution < 1.29 is 4.79 Å². The minimum absolute atomic E-state index is 0.261. The summed E-state index contributed by atoms with van der Waals surface area (Å²) in [4.78, 5) is 14.2. The average molecular weight is 222 g/mol. The molecule has 1 aliphatic rings. The number of amides is 1. The van der Waals surface area contributed by atoms with Gasteiger partial charge >= 0.3 is 0 Å². The maximum atomic E-state index is 10.9. The molecular weight excluding hydrogens is 206 g/mol. The van der Waals surface area contributed by atoms with Crippen LogP contribution in [0, 0.1) is 0 Å². The largest absolute Gasteiger partial charge is 0.351 e. The van der Waals surface area contributed by atoms with Crippen LogP contribution in [0.2, 0.25) is 0 Å². The van der Waals surface area contributed by atoms with Crippen LogP contribution in [-0.2, 0) is 0 Å². The van der Waals surface area contributed by atoms with Crippen LogP contribution in [0.25, 0.3) is 0 Å². The van der Waals surface area contributed by atoms with E-state index >= 15 is 0 Å². The Balaban J connectivity index is 2.10. The summed E-state index contributed by atoms with van der Waals surface area (Å²) in [6, 6.07) is 0.575. The number of thiol groups is 1. The van der Waals surface area contributed by atoms with E-state index in [1.807, 2.05) is 4.81 Å². The number of carbonyl (C=O) groups excluding carboxylic acids is 1. The zero-order valence-electron chi connectivity index (χ0n) is 9.09. The third kappa shape index (κ3) is 4.51. The molecule has 0 N–H and O–H groups in total. The molecule has 3 nitrogen and oxygen atoms in total. The predicted octanol–water partition coefficient (Wildman–Crippen LogP) is 0.791. The van der Waals surface area contributed by atoms with E-state index in [0.29, 0.717) is 6.04 Å². The van der Waals surface area contributed by atoms with Crippen molar-refractivity contribution in [3.8, 4) is 0 Å². The molecule has 4 radical (unpaired) electrons. The lowest BCUT2D eigenvalue weighted by Crippen LogP contribution is -2.35. The van der Waals surface area contributed by atoms with E-state index in [9.17, 15) is 4.79 Å². The molecule has 0 heterocycles. The zero-order chi connectivity index (χ0) is 11.4. The number of nitrogens with zero attached hydrogens (tertiary/aromatic N) is 2. The molecule has 0 aliphatic heterocycles. The Morgan fingerprint density at radius 3 is 2.67 bits per heavy atom. The number of rotatable bonds is 6. The van der Waals surface area contributed by atoms with Gasteiger partial charge in [0.05, 0.1) is 7.85 Å². The fraction of sp³-hybridized carbons (Fsp3) is 0.889. The first-order valence-electron chi connectivity index (χ1n) is 5.25. The maximum absolute atomic E-state index is 10.9. The molecule has 1 aliphatic carbocycles. The Morgan fingerprint density at radius 2 is 2.20 bits per heavy atom. The van der Waals surface area contributed by atoms with Crippen molar-refractivity contribution in [1.82, 2.24) is 9.71 Å². The van der Waals surface area contributed by atoms with Gasteiger partial charge in [-0.05, 0) is 44.2 Å². The smallest absolute Gasteiger partial charge is 0.277 e. The normalized spacial score (nSPS) is 17.8. The highest BCUT2D eigenvalue weighted by atomic mass is 32.1. The summed E-state index contributed by atoms with van der Waals surface area (Å²) in [5.41, 5.74) is 0. The number of carbonyl (C=O) groups is 1. The Kier molecular flexibility index (Phi) is 5.06. The van der Waals surface area contributed by atoms with E-state index in [1.54, 1.807) is 7.05 Å². The lowest BCUT2D eigenvalue weighted by atomic mass is 9.90. The van der Waals surface area contributed by atoms with Gasteiger partial charge in [-0.1, -0.05) is 12.6 Å². The second-order valence-corrected chi connectivity index (χ2v) is 4.45. The Hall–Kier alpha value is -0.0901. The van der Waals surface area contributed by atoms with Gasteiger partial charge in [0, 0.05) is 7.05 Å². The highest BCUT2D eigenvalue weighted by Gasteiger charge is 2.25. The summed E-state index contributed by atoms with van der Waals surface area (Å²) in [6.45, 7) is 0.840. The first kappa shape index (κ1) is 13.0. The van der Waals surface area contributed by atoms with Crippen LogP contribution in [0.4, 0.5) is 4.79 Å². The van der Waals surface area contributed by atoms with Gasteiger partial charge in [0.2, 0.25) is 0 Å². The molecule has 1 amide bonds. The SMILES string of the molecule is [B]C(CCCN([B])C1CC1)N(C)C(=O)S. The van der Waals surface area contributed by atoms with Crippen molar-refractivity contribution in [2.45, 2.75) is 37.7 Å². The van der Waals surface area contributed by atoms with Gasteiger partial charge in [-0.25, -0.2) is 0 Å². The first-order chi connectivity index (χ1) is 7.02. The number of hydrogen-bond donors (Lipinski definition) is 1. The molecule has 0 aromatic carbocycles. The van der Waals surface area contributed by atoms with Gasteiger partial charge in [-0.2, -0.15) is 0 Å². The Bertz CT molecular complexity index is 226. The molecule has 80 valence electrons. The van der Waals surface area contributed by atoms with Crippen LogP contribution in [0.1, 0.15) is 25.7 Å². The van der Waals surface area contributed by atoms with Gasteiger partial charge in [0.1, 0.15) is 0 Å². The van der Waals surface area contributed by atoms with Crippen LogP contribution in [0.15, 0.2) is 0 Å². The van der Waals surface area contributed by atoms with Crippen molar-refractivity contribution in [2.75, 3.05) is 13.6 Å². The summed E-state index contributed by atoms with van der Waals surface area (Å²) in [5.74, 6) is -0.261. The zero-order valence-corrected chi connectivity index (χ0v) is 9.99. The topological polar surface area (TPSA) is 23.6 Å². The molecule has 0 spiro atoms. The van der Waals surface area contributed by atoms with E-state index in [1.165, 1.54) is 17.7 Å². The van der Waals surface area contributed by atoms with Crippen LogP contribution < -0.4 is 0 Å². The highest BCUT2D eigenvalue weighted by molar-refractivity contribution is 7.96. The van der Waals surface area contributed by atoms with Crippen LogP contribution in [0.3, 0.4) is 0 Å². The molecule has 15 heavy (non-hydrogen) atoms. The fourth-order valence-corrected chi connectivity index (χ4v) is 1.56. The maximum Gasteiger partial charge on any atom is 0.277 e. The molecule has 0 bridgehead atoms. The van der Waals surface area contributed by atoms with E-state index in [2.05, 4.69) is 12.6 Å². The quantitative estimate of drug-likeness (QED) is 0.530. The molecule has 0 saturated heterocycles. The molecule has 1 saturated carbocycles. The lowest BCUT2D eigenvalue weighted by molar-refractivity contribution is 0.226. The van der Waals surface area contributed by atoms with Crippen LogP contribution >= 0.6 is 12.6 Å². The van der Waals surface area contributed by atoms with Crippen molar-refractivity contribution in [3.05, 3.63) is 0 Å². The lowest BCUT2D eigenvalue weighted by Gasteiger charge is -2.24. The second-order valence-electron chi connectivity index (χ2n) is 4.07. The average Bonchev–Trinajstić information content (AvgIpc) is 2.99. The van der Waals surface area contributed by atoms with E-state index in [-0.39, 0.29) is 11.2 Å². The summed E-state index contributed by atoms with van der Waals surface area (Å²) in [6.07, 6.45) is 4.07. The van der Waals surface area contributed by atoms with Crippen LogP contribution in [-0.4, -0.2) is 56.4 Å². The molecule has 1 atom stereocenters. The second kappa shape index (κ2) is 5.85. The molecule has 0 aromatic heterocycles. The van der Waals surface area contributed by atoms with Crippen molar-refractivity contribution in [2.24, 2.45) is 0 Å². The molecular formula is C9H16B2N2OS. The third-order valence-corrected chi connectivity index (χ3v) is 3.05. The van der Waals surface area contributed by atoms with Crippen molar-refractivity contribution in [3.63, 3.8) is 0 Å². The van der Waals surface area contributed by atoms with Crippen LogP contribution in [0.5, 0.6) is 0 Å². The Morgan fingerprint density at radius 1 is 1.60 bits per heavy atom. The minimum Gasteiger partial charge on any atom is -0.351 e. The van der Waals surface area contributed by atoms with Gasteiger partial charge in [-0.15, -0.1) is 0 Å². The molecule has 1 unspecified atom stereocenters. The third-order valence-electron chi connectivity index (χ3n) is 2.73. The fourth-order valence-electron chi connectivity index (χ4n) is 1.41. The van der Waals surface area contributed by atoms with Gasteiger partial charge in [0.25, 0.3) is 5.24 Å². The van der Waals surface area contributed by atoms with E-state index in [4.69, 9.17) is 15.8 Å². The predicted molar refractivity (Wildman–Crippen MR) is 66.4 cm³/mol. The van der Waals surface area contributed by atoms with Gasteiger partial charge in [-0.3, -0.25) is 4.79 Å². The minimum atomic E-state index is -0.297. The summed E-state index contributed by atoms with van der Waals surface area (Å²) < 4.78 is 0. The van der Waals surface area contributed by atoms with E-state index in [0.717, 1.165) is 19.4 Å².